The Bertz CT molecular complexity index is 1100. The highest BCUT2D eigenvalue weighted by Gasteiger charge is 2.34. The lowest BCUT2D eigenvalue weighted by Crippen LogP contribution is -2.46. The Morgan fingerprint density at radius 2 is 1.94 bits per heavy atom. The molecule has 5 nitrogen and oxygen atoms in total. The average molecular weight is 435 g/mol. The molecule has 0 bridgehead atoms. The summed E-state index contributed by atoms with van der Waals surface area (Å²) in [5, 5.41) is 14.2. The first-order chi connectivity index (χ1) is 14.7. The van der Waals surface area contributed by atoms with E-state index in [2.05, 4.69) is 15.3 Å². The summed E-state index contributed by atoms with van der Waals surface area (Å²) in [6, 6.07) is 5.47. The number of halogens is 4. The highest BCUT2D eigenvalue weighted by molar-refractivity contribution is 5.88. The van der Waals surface area contributed by atoms with Crippen LogP contribution in [-0.2, 0) is 19.3 Å². The van der Waals surface area contributed by atoms with Crippen molar-refractivity contribution in [3.63, 3.8) is 0 Å². The Morgan fingerprint density at radius 1 is 1.16 bits per heavy atom. The standard InChI is InChI=1S/C22H21F4N3O2/c1-12-4-17-18(9-28-12)13(11-30)5-20(23)19(17)10-29-14-6-16(7-14)31-15-2-3-27-21(8-15)22(24,25)26/h2-5,8-9,14,16,29-30H,6-7,10-11H2,1H3. The summed E-state index contributed by atoms with van der Waals surface area (Å²) in [6.07, 6.45) is -0.832. The molecule has 2 aromatic heterocycles. The van der Waals surface area contributed by atoms with Gasteiger partial charge in [-0.25, -0.2) is 4.39 Å². The largest absolute Gasteiger partial charge is 0.490 e. The van der Waals surface area contributed by atoms with Gasteiger partial charge in [-0.15, -0.1) is 0 Å². The zero-order valence-corrected chi connectivity index (χ0v) is 16.7. The van der Waals surface area contributed by atoms with Crippen LogP contribution in [0.4, 0.5) is 17.6 Å². The normalized spacial score (nSPS) is 18.8. The first kappa shape index (κ1) is 21.5. The highest BCUT2D eigenvalue weighted by atomic mass is 19.4. The fourth-order valence-electron chi connectivity index (χ4n) is 3.73. The van der Waals surface area contributed by atoms with Crippen molar-refractivity contribution in [3.05, 3.63) is 65.0 Å². The molecular weight excluding hydrogens is 414 g/mol. The number of nitrogens with zero attached hydrogens (tertiary/aromatic N) is 2. The van der Waals surface area contributed by atoms with Gasteiger partial charge >= 0.3 is 6.18 Å². The molecule has 9 heteroatoms. The molecule has 0 radical (unpaired) electrons. The molecule has 2 N–H and O–H groups in total. The van der Waals surface area contributed by atoms with Crippen molar-refractivity contribution in [2.45, 2.75) is 51.2 Å². The zero-order chi connectivity index (χ0) is 22.2. The topological polar surface area (TPSA) is 67.3 Å². The van der Waals surface area contributed by atoms with E-state index >= 15 is 0 Å². The maximum atomic E-state index is 14.7. The van der Waals surface area contributed by atoms with Crippen molar-refractivity contribution >= 4 is 10.8 Å². The van der Waals surface area contributed by atoms with Crippen LogP contribution in [0.15, 0.2) is 36.7 Å². The van der Waals surface area contributed by atoms with Crippen molar-refractivity contribution < 1.29 is 27.4 Å². The number of alkyl halides is 3. The van der Waals surface area contributed by atoms with Gasteiger partial charge in [-0.3, -0.25) is 9.97 Å². The van der Waals surface area contributed by atoms with Gasteiger partial charge in [0, 0.05) is 47.7 Å². The van der Waals surface area contributed by atoms with E-state index in [1.54, 1.807) is 12.3 Å². The van der Waals surface area contributed by atoms with Crippen molar-refractivity contribution in [2.24, 2.45) is 0 Å². The molecule has 1 aliphatic carbocycles. The number of aliphatic hydroxyl groups excluding tert-OH is 1. The van der Waals surface area contributed by atoms with Gasteiger partial charge in [0.2, 0.25) is 0 Å². The van der Waals surface area contributed by atoms with E-state index in [0.717, 1.165) is 18.0 Å². The quantitative estimate of drug-likeness (QED) is 0.566. The van der Waals surface area contributed by atoms with Gasteiger partial charge < -0.3 is 15.2 Å². The van der Waals surface area contributed by atoms with E-state index in [-0.39, 0.29) is 31.0 Å². The molecule has 164 valence electrons. The van der Waals surface area contributed by atoms with Crippen molar-refractivity contribution in [1.29, 1.82) is 0 Å². The number of nitrogens with one attached hydrogen (secondary N) is 1. The first-order valence-corrected chi connectivity index (χ1v) is 9.85. The minimum atomic E-state index is -4.52. The lowest BCUT2D eigenvalue weighted by atomic mass is 9.88. The maximum Gasteiger partial charge on any atom is 0.433 e. The Morgan fingerprint density at radius 3 is 2.65 bits per heavy atom. The number of fused-ring (bicyclic) bond motifs is 1. The van der Waals surface area contributed by atoms with Crippen LogP contribution in [0.25, 0.3) is 10.8 Å². The van der Waals surface area contributed by atoms with Crippen molar-refractivity contribution in [2.75, 3.05) is 0 Å². The predicted molar refractivity (Wildman–Crippen MR) is 106 cm³/mol. The molecule has 1 saturated carbocycles. The highest BCUT2D eigenvalue weighted by Crippen LogP contribution is 2.32. The minimum Gasteiger partial charge on any atom is -0.490 e. The van der Waals surface area contributed by atoms with Crippen LogP contribution in [0.1, 0.15) is 35.4 Å². The van der Waals surface area contributed by atoms with E-state index in [4.69, 9.17) is 4.74 Å². The summed E-state index contributed by atoms with van der Waals surface area (Å²) in [7, 11) is 0. The molecule has 0 amide bonds. The summed E-state index contributed by atoms with van der Waals surface area (Å²) in [4.78, 5) is 7.55. The van der Waals surface area contributed by atoms with E-state index in [0.29, 0.717) is 34.7 Å². The lowest BCUT2D eigenvalue weighted by molar-refractivity contribution is -0.141. The summed E-state index contributed by atoms with van der Waals surface area (Å²) >= 11 is 0. The molecule has 0 spiro atoms. The Kier molecular flexibility index (Phi) is 5.81. The number of pyridine rings is 2. The molecule has 3 aromatic rings. The summed E-state index contributed by atoms with van der Waals surface area (Å²) in [5.74, 6) is -0.274. The molecule has 0 unspecified atom stereocenters. The monoisotopic (exact) mass is 435 g/mol. The maximum absolute atomic E-state index is 14.7. The smallest absolute Gasteiger partial charge is 0.433 e. The van der Waals surface area contributed by atoms with Gasteiger partial charge in [0.15, 0.2) is 0 Å². The van der Waals surface area contributed by atoms with Gasteiger partial charge in [0.1, 0.15) is 23.4 Å². The van der Waals surface area contributed by atoms with Crippen molar-refractivity contribution in [3.8, 4) is 5.75 Å². The molecule has 0 saturated heterocycles. The molecule has 1 aromatic carbocycles. The minimum absolute atomic E-state index is 0.0591. The third-order valence-corrected chi connectivity index (χ3v) is 5.46. The molecule has 0 atom stereocenters. The number of aliphatic hydroxyl groups is 1. The average Bonchev–Trinajstić information content (AvgIpc) is 2.69. The first-order valence-electron chi connectivity index (χ1n) is 9.85. The number of aromatic nitrogens is 2. The molecule has 4 rings (SSSR count). The molecule has 2 heterocycles. The van der Waals surface area contributed by atoms with Gasteiger partial charge in [-0.1, -0.05) is 0 Å². The lowest BCUT2D eigenvalue weighted by Gasteiger charge is -2.36. The fourth-order valence-corrected chi connectivity index (χ4v) is 3.73. The number of ether oxygens (including phenoxy) is 1. The summed E-state index contributed by atoms with van der Waals surface area (Å²) < 4.78 is 58.6. The molecule has 1 aliphatic rings. The van der Waals surface area contributed by atoms with E-state index in [1.807, 2.05) is 6.92 Å². The van der Waals surface area contributed by atoms with E-state index in [1.165, 1.54) is 12.1 Å². The van der Waals surface area contributed by atoms with Crippen LogP contribution in [0, 0.1) is 12.7 Å². The van der Waals surface area contributed by atoms with E-state index < -0.39 is 17.7 Å². The van der Waals surface area contributed by atoms with Gasteiger partial charge in [-0.05, 0) is 48.9 Å². The second kappa shape index (κ2) is 8.39. The Labute approximate surface area is 176 Å². The number of rotatable bonds is 6. The third-order valence-electron chi connectivity index (χ3n) is 5.46. The molecule has 1 fully saturated rings. The van der Waals surface area contributed by atoms with Crippen LogP contribution in [0.2, 0.25) is 0 Å². The Hall–Kier alpha value is -2.78. The zero-order valence-electron chi connectivity index (χ0n) is 16.7. The number of benzene rings is 1. The third kappa shape index (κ3) is 4.62. The Balaban J connectivity index is 1.39. The number of aryl methyl sites for hydroxylation is 1. The summed E-state index contributed by atoms with van der Waals surface area (Å²) in [6.45, 7) is 1.82. The van der Waals surface area contributed by atoms with Crippen LogP contribution < -0.4 is 10.1 Å². The van der Waals surface area contributed by atoms with Crippen LogP contribution in [0.5, 0.6) is 5.75 Å². The van der Waals surface area contributed by atoms with Gasteiger partial charge in [-0.2, -0.15) is 13.2 Å². The van der Waals surface area contributed by atoms with Crippen molar-refractivity contribution in [1.82, 2.24) is 15.3 Å². The number of hydrogen-bond donors (Lipinski definition) is 2. The molecule has 31 heavy (non-hydrogen) atoms. The SMILES string of the molecule is Cc1cc2c(CNC3CC(Oc4ccnc(C(F)(F)F)c4)C3)c(F)cc(CO)c2cn1. The van der Waals surface area contributed by atoms with Gasteiger partial charge in [0.05, 0.1) is 6.61 Å². The summed E-state index contributed by atoms with van der Waals surface area (Å²) in [5.41, 5.74) is 0.732. The second-order valence-electron chi connectivity index (χ2n) is 7.69. The van der Waals surface area contributed by atoms with Crippen LogP contribution in [0.3, 0.4) is 0 Å². The number of hydrogen-bond acceptors (Lipinski definition) is 5. The van der Waals surface area contributed by atoms with Crippen LogP contribution >= 0.6 is 0 Å². The predicted octanol–water partition coefficient (Wildman–Crippen LogP) is 4.29. The van der Waals surface area contributed by atoms with Gasteiger partial charge in [0.25, 0.3) is 0 Å². The fraction of sp³-hybridized carbons (Fsp3) is 0.364. The van der Waals surface area contributed by atoms with Crippen LogP contribution in [-0.4, -0.2) is 27.2 Å². The van der Waals surface area contributed by atoms with E-state index in [9.17, 15) is 22.7 Å². The molecular formula is C22H21F4N3O2. The second-order valence-corrected chi connectivity index (χ2v) is 7.69. The molecule has 0 aliphatic heterocycles.